The van der Waals surface area contributed by atoms with Crippen LogP contribution in [0.25, 0.3) is 0 Å². The second kappa shape index (κ2) is 3.84. The molecular formula is C9H26N2Si2. The Morgan fingerprint density at radius 1 is 0.846 bits per heavy atom. The quantitative estimate of drug-likeness (QED) is 0.667. The van der Waals surface area contributed by atoms with Crippen molar-refractivity contribution in [3.63, 3.8) is 0 Å². The average molecular weight is 218 g/mol. The molecule has 0 bridgehead atoms. The molecule has 0 radical (unpaired) electrons. The Morgan fingerprint density at radius 3 is 1.23 bits per heavy atom. The lowest BCUT2D eigenvalue weighted by atomic mass is 10.1. The normalized spacial score (nSPS) is 15.0. The average Bonchev–Trinajstić information content (AvgIpc) is 1.43. The van der Waals surface area contributed by atoms with Gasteiger partial charge in [0.15, 0.2) is 7.91 Å². The molecule has 0 fully saturated rings. The maximum Gasteiger partial charge on any atom is 0.173 e. The predicted octanol–water partition coefficient (Wildman–Crippen LogP) is 0.697. The van der Waals surface area contributed by atoms with Crippen LogP contribution >= 0.6 is 0 Å². The highest BCUT2D eigenvalue weighted by Crippen LogP contribution is 2.07. The number of nitrogens with one attached hydrogen (secondary N) is 2. The summed E-state index contributed by atoms with van der Waals surface area (Å²) in [6.45, 7) is 15.8. The molecule has 0 heterocycles. The standard InChI is InChI=1S/C9H26N2Si2/c1-8(2,3)10-13(7,12)11-9(4,5)6/h10-11H,1-7,12H3. The fourth-order valence-electron chi connectivity index (χ4n) is 1.91. The first-order valence-electron chi connectivity index (χ1n) is 5.00. The summed E-state index contributed by atoms with van der Waals surface area (Å²) in [6, 6.07) is 0. The Balaban J connectivity index is 4.25. The van der Waals surface area contributed by atoms with Gasteiger partial charge in [0.25, 0.3) is 0 Å². The Bertz CT molecular complexity index is 147. The first-order chi connectivity index (χ1) is 5.41. The van der Waals surface area contributed by atoms with Crippen molar-refractivity contribution in [2.75, 3.05) is 0 Å². The van der Waals surface area contributed by atoms with Gasteiger partial charge in [-0.3, -0.25) is 0 Å². The topological polar surface area (TPSA) is 24.1 Å². The van der Waals surface area contributed by atoms with E-state index in [2.05, 4.69) is 58.1 Å². The summed E-state index contributed by atoms with van der Waals surface area (Å²) in [5.41, 5.74) is 0.474. The third-order valence-electron chi connectivity index (χ3n) is 1.38. The highest BCUT2D eigenvalue weighted by molar-refractivity contribution is 7.13. The molecule has 0 aliphatic heterocycles. The van der Waals surface area contributed by atoms with Crippen LogP contribution in [0, 0.1) is 0 Å². The summed E-state index contributed by atoms with van der Waals surface area (Å²) in [4.78, 5) is 7.48. The van der Waals surface area contributed by atoms with Crippen molar-refractivity contribution >= 4 is 17.7 Å². The van der Waals surface area contributed by atoms with Gasteiger partial charge >= 0.3 is 0 Å². The summed E-state index contributed by atoms with van der Waals surface area (Å²) in [5.74, 6) is 0. The first kappa shape index (κ1) is 13.4. The molecular weight excluding hydrogens is 192 g/mol. The van der Waals surface area contributed by atoms with Crippen LogP contribution in [0.15, 0.2) is 0 Å². The van der Waals surface area contributed by atoms with Gasteiger partial charge in [-0.25, -0.2) is 0 Å². The molecule has 0 aliphatic rings. The molecule has 80 valence electrons. The van der Waals surface area contributed by atoms with Crippen LogP contribution < -0.4 is 9.96 Å². The van der Waals surface area contributed by atoms with Crippen LogP contribution in [0.3, 0.4) is 0 Å². The summed E-state index contributed by atoms with van der Waals surface area (Å²) in [5, 5.41) is 0. The van der Waals surface area contributed by atoms with Crippen LogP contribution in [0.5, 0.6) is 0 Å². The van der Waals surface area contributed by atoms with Gasteiger partial charge in [-0.2, -0.15) is 0 Å². The molecule has 13 heavy (non-hydrogen) atoms. The van der Waals surface area contributed by atoms with Crippen LogP contribution in [0.1, 0.15) is 41.5 Å². The van der Waals surface area contributed by atoms with Gasteiger partial charge in [0, 0.05) is 20.8 Å². The zero-order chi connectivity index (χ0) is 10.9. The fraction of sp³-hybridized carbons (Fsp3) is 1.00. The third-order valence-corrected chi connectivity index (χ3v) is 5.62. The maximum atomic E-state index is 3.74. The smallest absolute Gasteiger partial charge is 0.173 e. The van der Waals surface area contributed by atoms with Crippen molar-refractivity contribution in [3.8, 4) is 0 Å². The first-order valence-corrected chi connectivity index (χ1v) is 11.0. The molecule has 0 spiro atoms. The third kappa shape index (κ3) is 8.68. The van der Waals surface area contributed by atoms with Gasteiger partial charge in [0.1, 0.15) is 0 Å². The van der Waals surface area contributed by atoms with Gasteiger partial charge in [-0.15, -0.1) is 0 Å². The van der Waals surface area contributed by atoms with Crippen molar-refractivity contribution < 1.29 is 0 Å². The molecule has 0 saturated carbocycles. The predicted molar refractivity (Wildman–Crippen MR) is 67.3 cm³/mol. The van der Waals surface area contributed by atoms with Crippen molar-refractivity contribution in [1.29, 1.82) is 0 Å². The SMILES string of the molecule is CC(C)(C)N[Si](C)([SiH3])NC(C)(C)C. The highest BCUT2D eigenvalue weighted by Gasteiger charge is 2.29. The lowest BCUT2D eigenvalue weighted by Gasteiger charge is -2.39. The minimum absolute atomic E-state index is 0.237. The minimum atomic E-state index is -1.34. The summed E-state index contributed by atoms with van der Waals surface area (Å²) < 4.78 is 0. The second-order valence-corrected chi connectivity index (χ2v) is 16.1. The van der Waals surface area contributed by atoms with Gasteiger partial charge in [-0.1, -0.05) is 0 Å². The number of rotatable bonds is 2. The summed E-state index contributed by atoms with van der Waals surface area (Å²) in [6.07, 6.45) is 0. The van der Waals surface area contributed by atoms with Crippen molar-refractivity contribution in [2.24, 2.45) is 0 Å². The summed E-state index contributed by atoms with van der Waals surface area (Å²) >= 11 is 0. The van der Waals surface area contributed by atoms with Crippen molar-refractivity contribution in [1.82, 2.24) is 9.96 Å². The van der Waals surface area contributed by atoms with Crippen molar-refractivity contribution in [3.05, 3.63) is 0 Å². The fourth-order valence-corrected chi connectivity index (χ4v) is 10.2. The molecule has 0 amide bonds. The monoisotopic (exact) mass is 218 g/mol. The van der Waals surface area contributed by atoms with E-state index in [-0.39, 0.29) is 11.1 Å². The zero-order valence-corrected chi connectivity index (χ0v) is 13.5. The van der Waals surface area contributed by atoms with E-state index in [1.807, 2.05) is 0 Å². The number of hydrogen-bond donors (Lipinski definition) is 2. The Kier molecular flexibility index (Phi) is 3.95. The molecule has 4 heteroatoms. The van der Waals surface area contributed by atoms with Crippen molar-refractivity contribution in [2.45, 2.75) is 59.2 Å². The zero-order valence-electron chi connectivity index (χ0n) is 10.5. The molecule has 0 saturated heterocycles. The van der Waals surface area contributed by atoms with E-state index in [0.29, 0.717) is 0 Å². The van der Waals surface area contributed by atoms with Crippen LogP contribution in [-0.4, -0.2) is 28.8 Å². The largest absolute Gasteiger partial charge is 0.324 e. The summed E-state index contributed by atoms with van der Waals surface area (Å²) in [7, 11) is -0.109. The second-order valence-electron chi connectivity index (χ2n) is 6.38. The van der Waals surface area contributed by atoms with E-state index in [4.69, 9.17) is 0 Å². The minimum Gasteiger partial charge on any atom is -0.324 e. The number of hydrogen-bond acceptors (Lipinski definition) is 2. The molecule has 2 N–H and O–H groups in total. The van der Waals surface area contributed by atoms with E-state index in [0.717, 1.165) is 0 Å². The molecule has 0 aromatic heterocycles. The van der Waals surface area contributed by atoms with Gasteiger partial charge in [-0.05, 0) is 48.1 Å². The Labute approximate surface area is 87.3 Å². The molecule has 0 aromatic carbocycles. The Hall–Kier alpha value is 0.354. The molecule has 0 aliphatic carbocycles. The van der Waals surface area contributed by atoms with Gasteiger partial charge in [0.2, 0.25) is 0 Å². The molecule has 0 atom stereocenters. The van der Waals surface area contributed by atoms with Gasteiger partial charge in [0.05, 0.1) is 0 Å². The van der Waals surface area contributed by atoms with E-state index < -0.39 is 7.91 Å². The molecule has 2 nitrogen and oxygen atoms in total. The maximum absolute atomic E-state index is 3.74. The lowest BCUT2D eigenvalue weighted by Crippen LogP contribution is -2.70. The molecule has 0 aromatic rings. The van der Waals surface area contributed by atoms with E-state index in [1.54, 1.807) is 0 Å². The molecule has 0 rings (SSSR count). The Morgan fingerprint density at radius 2 is 1.08 bits per heavy atom. The molecule has 0 unspecified atom stereocenters. The van der Waals surface area contributed by atoms with Crippen LogP contribution in [0.2, 0.25) is 6.55 Å². The van der Waals surface area contributed by atoms with Crippen LogP contribution in [-0.2, 0) is 0 Å². The van der Waals surface area contributed by atoms with Gasteiger partial charge < -0.3 is 9.96 Å². The van der Waals surface area contributed by atoms with Crippen LogP contribution in [0.4, 0.5) is 0 Å². The van der Waals surface area contributed by atoms with E-state index in [9.17, 15) is 0 Å². The van der Waals surface area contributed by atoms with E-state index in [1.165, 1.54) is 9.76 Å². The highest BCUT2D eigenvalue weighted by atomic mass is 29.2. The lowest BCUT2D eigenvalue weighted by molar-refractivity contribution is 0.472. The van der Waals surface area contributed by atoms with E-state index >= 15 is 0 Å².